The highest BCUT2D eigenvalue weighted by Crippen LogP contribution is 2.22. The van der Waals surface area contributed by atoms with Gasteiger partial charge in [-0.3, -0.25) is 9.69 Å². The molecule has 1 amide bonds. The average molecular weight is 440 g/mol. The first-order chi connectivity index (χ1) is 15.1. The summed E-state index contributed by atoms with van der Waals surface area (Å²) < 4.78 is 5.80. The van der Waals surface area contributed by atoms with Crippen molar-refractivity contribution in [3.8, 4) is 11.3 Å². The van der Waals surface area contributed by atoms with Crippen LogP contribution in [0.2, 0.25) is 5.02 Å². The Morgan fingerprint density at radius 1 is 1.10 bits per heavy atom. The average Bonchev–Trinajstić information content (AvgIpc) is 3.27. The standard InChI is InChI=1S/C25H30ClN3O2/c1-3-29(4-2)22(16-19-8-6-5-7-9-19)17-27-24(30)14-15-25-28-18-23(31-25)20-10-12-21(26)13-11-20/h5-13,18,22H,3-4,14-17H2,1-2H3,(H,27,30). The fourth-order valence-corrected chi connectivity index (χ4v) is 3.80. The third-order valence-corrected chi connectivity index (χ3v) is 5.68. The summed E-state index contributed by atoms with van der Waals surface area (Å²) in [7, 11) is 0. The zero-order chi connectivity index (χ0) is 22.1. The summed E-state index contributed by atoms with van der Waals surface area (Å²) in [6.07, 6.45) is 3.41. The van der Waals surface area contributed by atoms with Crippen LogP contribution in [0.15, 0.2) is 65.2 Å². The van der Waals surface area contributed by atoms with Crippen LogP contribution in [0, 0.1) is 0 Å². The van der Waals surface area contributed by atoms with Crippen molar-refractivity contribution in [1.29, 1.82) is 0 Å². The van der Waals surface area contributed by atoms with E-state index in [1.54, 1.807) is 6.20 Å². The van der Waals surface area contributed by atoms with Gasteiger partial charge < -0.3 is 9.73 Å². The van der Waals surface area contributed by atoms with Gasteiger partial charge in [-0.2, -0.15) is 0 Å². The summed E-state index contributed by atoms with van der Waals surface area (Å²) in [6.45, 7) is 6.84. The van der Waals surface area contributed by atoms with Crippen LogP contribution >= 0.6 is 11.6 Å². The molecule has 0 aliphatic rings. The molecule has 3 rings (SSSR count). The number of oxazole rings is 1. The molecule has 0 saturated carbocycles. The number of amides is 1. The lowest BCUT2D eigenvalue weighted by molar-refractivity contribution is -0.121. The number of benzene rings is 2. The van der Waals surface area contributed by atoms with Gasteiger partial charge in [0, 0.05) is 36.0 Å². The number of hydrogen-bond donors (Lipinski definition) is 1. The monoisotopic (exact) mass is 439 g/mol. The smallest absolute Gasteiger partial charge is 0.220 e. The molecule has 1 heterocycles. The molecule has 0 aliphatic heterocycles. The van der Waals surface area contributed by atoms with Gasteiger partial charge in [-0.05, 0) is 49.3 Å². The van der Waals surface area contributed by atoms with Crippen LogP contribution < -0.4 is 5.32 Å². The number of carbonyl (C=O) groups excluding carboxylic acids is 1. The van der Waals surface area contributed by atoms with Crippen molar-refractivity contribution in [2.24, 2.45) is 0 Å². The van der Waals surface area contributed by atoms with Crippen molar-refractivity contribution in [2.45, 2.75) is 39.2 Å². The Bertz CT molecular complexity index is 937. The normalized spacial score (nSPS) is 12.1. The zero-order valence-electron chi connectivity index (χ0n) is 18.2. The molecule has 3 aromatic rings. The Hall–Kier alpha value is -2.63. The Morgan fingerprint density at radius 3 is 2.48 bits per heavy atom. The van der Waals surface area contributed by atoms with Crippen molar-refractivity contribution in [2.75, 3.05) is 19.6 Å². The Morgan fingerprint density at radius 2 is 1.81 bits per heavy atom. The van der Waals surface area contributed by atoms with Crippen LogP contribution in [0.3, 0.4) is 0 Å². The highest BCUT2D eigenvalue weighted by molar-refractivity contribution is 6.30. The molecular weight excluding hydrogens is 410 g/mol. The highest BCUT2D eigenvalue weighted by Gasteiger charge is 2.17. The first-order valence-corrected chi connectivity index (χ1v) is 11.2. The number of halogens is 1. The van der Waals surface area contributed by atoms with Crippen LogP contribution in [0.25, 0.3) is 11.3 Å². The topological polar surface area (TPSA) is 58.4 Å². The molecule has 0 radical (unpaired) electrons. The predicted octanol–water partition coefficient (Wildman–Crippen LogP) is 5.00. The fraction of sp³-hybridized carbons (Fsp3) is 0.360. The van der Waals surface area contributed by atoms with Crippen LogP contribution in [0.1, 0.15) is 31.7 Å². The van der Waals surface area contributed by atoms with Gasteiger partial charge in [-0.1, -0.05) is 55.8 Å². The molecule has 1 aromatic heterocycles. The summed E-state index contributed by atoms with van der Waals surface area (Å²) in [5.41, 5.74) is 2.19. The minimum absolute atomic E-state index is 0.0106. The van der Waals surface area contributed by atoms with Crippen molar-refractivity contribution in [3.05, 3.63) is 77.3 Å². The van der Waals surface area contributed by atoms with Crippen molar-refractivity contribution < 1.29 is 9.21 Å². The van der Waals surface area contributed by atoms with E-state index in [-0.39, 0.29) is 11.9 Å². The number of rotatable bonds is 11. The second-order valence-corrected chi connectivity index (χ2v) is 7.93. The second-order valence-electron chi connectivity index (χ2n) is 7.49. The predicted molar refractivity (Wildman–Crippen MR) is 125 cm³/mol. The quantitative estimate of drug-likeness (QED) is 0.457. The van der Waals surface area contributed by atoms with E-state index >= 15 is 0 Å². The summed E-state index contributed by atoms with van der Waals surface area (Å²) in [6, 6.07) is 18.1. The largest absolute Gasteiger partial charge is 0.441 e. The molecule has 1 N–H and O–H groups in total. The van der Waals surface area contributed by atoms with Gasteiger partial charge in [-0.15, -0.1) is 0 Å². The van der Waals surface area contributed by atoms with E-state index in [0.29, 0.717) is 36.1 Å². The number of aryl methyl sites for hydroxylation is 1. The number of nitrogens with zero attached hydrogens (tertiary/aromatic N) is 2. The lowest BCUT2D eigenvalue weighted by Gasteiger charge is -2.30. The van der Waals surface area contributed by atoms with E-state index in [2.05, 4.69) is 53.3 Å². The van der Waals surface area contributed by atoms with E-state index in [4.69, 9.17) is 16.0 Å². The second kappa shape index (κ2) is 11.7. The van der Waals surface area contributed by atoms with Crippen LogP contribution in [0.5, 0.6) is 0 Å². The Balaban J connectivity index is 1.51. The molecule has 0 fully saturated rings. The van der Waals surface area contributed by atoms with Crippen molar-refractivity contribution in [3.63, 3.8) is 0 Å². The molecule has 6 heteroatoms. The van der Waals surface area contributed by atoms with E-state index in [9.17, 15) is 4.79 Å². The summed E-state index contributed by atoms with van der Waals surface area (Å²) in [5.74, 6) is 1.25. The first kappa shape index (κ1) is 23.0. The van der Waals surface area contributed by atoms with Crippen molar-refractivity contribution in [1.82, 2.24) is 15.2 Å². The molecule has 31 heavy (non-hydrogen) atoms. The molecule has 164 valence electrons. The molecule has 1 unspecified atom stereocenters. The summed E-state index contributed by atoms with van der Waals surface area (Å²) >= 11 is 5.93. The lowest BCUT2D eigenvalue weighted by Crippen LogP contribution is -2.45. The molecule has 0 spiro atoms. The zero-order valence-corrected chi connectivity index (χ0v) is 18.9. The number of nitrogens with one attached hydrogen (secondary N) is 1. The SMILES string of the molecule is CCN(CC)C(CNC(=O)CCc1ncc(-c2ccc(Cl)cc2)o1)Cc1ccccc1. The van der Waals surface area contributed by atoms with Gasteiger partial charge in [0.2, 0.25) is 5.91 Å². The van der Waals surface area contributed by atoms with Gasteiger partial charge in [0.05, 0.1) is 6.20 Å². The van der Waals surface area contributed by atoms with E-state index in [1.165, 1.54) is 5.56 Å². The summed E-state index contributed by atoms with van der Waals surface area (Å²) in [4.78, 5) is 19.2. The molecule has 0 aliphatic carbocycles. The van der Waals surface area contributed by atoms with Crippen LogP contribution in [-0.2, 0) is 17.6 Å². The van der Waals surface area contributed by atoms with Crippen LogP contribution in [-0.4, -0.2) is 41.5 Å². The molecule has 2 aromatic carbocycles. The van der Waals surface area contributed by atoms with Gasteiger partial charge in [0.25, 0.3) is 0 Å². The summed E-state index contributed by atoms with van der Waals surface area (Å²) in [5, 5.41) is 3.78. The molecule has 0 bridgehead atoms. The number of aromatic nitrogens is 1. The Kier molecular flexibility index (Phi) is 8.68. The maximum absolute atomic E-state index is 12.5. The molecule has 0 saturated heterocycles. The third kappa shape index (κ3) is 6.94. The maximum Gasteiger partial charge on any atom is 0.220 e. The number of likely N-dealkylation sites (N-methyl/N-ethyl adjacent to an activating group) is 1. The van der Waals surface area contributed by atoms with Gasteiger partial charge in [0.1, 0.15) is 0 Å². The van der Waals surface area contributed by atoms with Gasteiger partial charge >= 0.3 is 0 Å². The lowest BCUT2D eigenvalue weighted by atomic mass is 10.0. The maximum atomic E-state index is 12.5. The minimum Gasteiger partial charge on any atom is -0.441 e. The first-order valence-electron chi connectivity index (χ1n) is 10.8. The van der Waals surface area contributed by atoms with Gasteiger partial charge in [-0.25, -0.2) is 4.98 Å². The Labute approximate surface area is 189 Å². The molecule has 1 atom stereocenters. The van der Waals surface area contributed by atoms with Crippen molar-refractivity contribution >= 4 is 17.5 Å². The van der Waals surface area contributed by atoms with E-state index < -0.39 is 0 Å². The molecule has 5 nitrogen and oxygen atoms in total. The third-order valence-electron chi connectivity index (χ3n) is 5.43. The minimum atomic E-state index is 0.0106. The van der Waals surface area contributed by atoms with E-state index in [0.717, 1.165) is 25.1 Å². The number of hydrogen-bond acceptors (Lipinski definition) is 4. The van der Waals surface area contributed by atoms with Gasteiger partial charge in [0.15, 0.2) is 11.7 Å². The van der Waals surface area contributed by atoms with Crippen LogP contribution in [0.4, 0.5) is 0 Å². The van der Waals surface area contributed by atoms with E-state index in [1.807, 2.05) is 30.3 Å². The highest BCUT2D eigenvalue weighted by atomic mass is 35.5. The number of carbonyl (C=O) groups is 1. The molecular formula is C25H30ClN3O2. The fourth-order valence-electron chi connectivity index (χ4n) is 3.67.